The third kappa shape index (κ3) is 4.59. The number of aliphatic carboxylic acids is 1. The van der Waals surface area contributed by atoms with Gasteiger partial charge in [-0.1, -0.05) is 6.07 Å². The van der Waals surface area contributed by atoms with E-state index >= 15 is 0 Å². The van der Waals surface area contributed by atoms with Crippen LogP contribution in [0.5, 0.6) is 0 Å². The Bertz CT molecular complexity index is 817. The molecule has 0 aromatic heterocycles. The van der Waals surface area contributed by atoms with Gasteiger partial charge in [0.1, 0.15) is 0 Å². The topological polar surface area (TPSA) is 107 Å². The number of piperazine rings is 1. The molecule has 2 N–H and O–H groups in total. The molecule has 9 heteroatoms. The van der Waals surface area contributed by atoms with Crippen molar-refractivity contribution >= 4 is 22.0 Å². The van der Waals surface area contributed by atoms with Crippen molar-refractivity contribution < 1.29 is 23.1 Å². The molecule has 1 saturated heterocycles. The standard InChI is InChI=1S/C18H27N3O5S/c1-12-11-13(2)15(4)17(14(12)3)27(25,26)21-9-7-20(8-10-21)18(24)19-6-5-16(22)23/h11H,5-10H2,1-4H3,(H,19,24)(H,22,23). The van der Waals surface area contributed by atoms with Gasteiger partial charge in [-0.25, -0.2) is 13.2 Å². The summed E-state index contributed by atoms with van der Waals surface area (Å²) in [5.74, 6) is -0.981. The fourth-order valence-corrected chi connectivity index (χ4v) is 5.21. The molecule has 0 unspecified atom stereocenters. The molecule has 0 spiro atoms. The van der Waals surface area contributed by atoms with Gasteiger partial charge in [-0.2, -0.15) is 4.31 Å². The number of urea groups is 1. The minimum atomic E-state index is -3.65. The highest BCUT2D eigenvalue weighted by molar-refractivity contribution is 7.89. The Morgan fingerprint density at radius 2 is 1.56 bits per heavy atom. The lowest BCUT2D eigenvalue weighted by atomic mass is 10.0. The summed E-state index contributed by atoms with van der Waals surface area (Å²) in [6, 6.07) is 1.62. The van der Waals surface area contributed by atoms with E-state index in [9.17, 15) is 18.0 Å². The summed E-state index contributed by atoms with van der Waals surface area (Å²) in [6.45, 7) is 8.44. The highest BCUT2D eigenvalue weighted by Crippen LogP contribution is 2.29. The lowest BCUT2D eigenvalue weighted by Crippen LogP contribution is -2.53. The average Bonchev–Trinajstić information content (AvgIpc) is 2.59. The summed E-state index contributed by atoms with van der Waals surface area (Å²) in [4.78, 5) is 24.4. The molecule has 0 radical (unpaired) electrons. The van der Waals surface area contributed by atoms with E-state index in [1.807, 2.05) is 33.8 Å². The summed E-state index contributed by atoms with van der Waals surface area (Å²) in [5, 5.41) is 11.2. The molecule has 1 fully saturated rings. The molecular weight excluding hydrogens is 370 g/mol. The van der Waals surface area contributed by atoms with Crippen molar-refractivity contribution in [3.8, 4) is 0 Å². The second-order valence-corrected chi connectivity index (χ2v) is 8.73. The Balaban J connectivity index is 2.10. The van der Waals surface area contributed by atoms with E-state index in [2.05, 4.69) is 5.32 Å². The van der Waals surface area contributed by atoms with Gasteiger partial charge in [0.05, 0.1) is 11.3 Å². The summed E-state index contributed by atoms with van der Waals surface area (Å²) in [7, 11) is -3.65. The molecule has 1 heterocycles. The molecule has 0 saturated carbocycles. The highest BCUT2D eigenvalue weighted by atomic mass is 32.2. The predicted molar refractivity (Wildman–Crippen MR) is 101 cm³/mol. The van der Waals surface area contributed by atoms with Gasteiger partial charge in [-0.3, -0.25) is 4.79 Å². The van der Waals surface area contributed by atoms with E-state index in [-0.39, 0.29) is 45.2 Å². The molecule has 2 rings (SSSR count). The Hall–Kier alpha value is -2.13. The molecule has 150 valence electrons. The van der Waals surface area contributed by atoms with Crippen molar-refractivity contribution in [2.75, 3.05) is 32.7 Å². The number of rotatable bonds is 5. The fraction of sp³-hybridized carbons (Fsp3) is 0.556. The van der Waals surface area contributed by atoms with Crippen LogP contribution in [0.1, 0.15) is 28.7 Å². The molecule has 8 nitrogen and oxygen atoms in total. The lowest BCUT2D eigenvalue weighted by Gasteiger charge is -2.34. The monoisotopic (exact) mass is 397 g/mol. The zero-order chi connectivity index (χ0) is 20.4. The van der Waals surface area contributed by atoms with Gasteiger partial charge in [0.15, 0.2) is 0 Å². The van der Waals surface area contributed by atoms with Crippen LogP contribution >= 0.6 is 0 Å². The number of carboxylic acid groups (broad SMARTS) is 1. The fourth-order valence-electron chi connectivity index (χ4n) is 3.22. The molecule has 0 aliphatic carbocycles. The Morgan fingerprint density at radius 3 is 2.04 bits per heavy atom. The second-order valence-electron chi connectivity index (χ2n) is 6.86. The van der Waals surface area contributed by atoms with E-state index in [0.29, 0.717) is 4.90 Å². The number of sulfonamides is 1. The number of benzene rings is 1. The van der Waals surface area contributed by atoms with E-state index in [0.717, 1.165) is 22.3 Å². The molecule has 0 atom stereocenters. The molecule has 0 bridgehead atoms. The number of hydrogen-bond acceptors (Lipinski definition) is 4. The number of amides is 2. The summed E-state index contributed by atoms with van der Waals surface area (Å²) < 4.78 is 27.8. The third-order valence-corrected chi connectivity index (χ3v) is 7.21. The van der Waals surface area contributed by atoms with Crippen LogP contribution < -0.4 is 5.32 Å². The van der Waals surface area contributed by atoms with Crippen LogP contribution in [-0.2, 0) is 14.8 Å². The molecule has 1 aliphatic heterocycles. The minimum Gasteiger partial charge on any atom is -0.481 e. The maximum atomic E-state index is 13.2. The molecule has 2 amide bonds. The zero-order valence-corrected chi connectivity index (χ0v) is 17.0. The van der Waals surface area contributed by atoms with Crippen LogP contribution in [-0.4, -0.2) is 67.5 Å². The normalized spacial score (nSPS) is 15.6. The largest absolute Gasteiger partial charge is 0.481 e. The Labute approximate surface area is 160 Å². The van der Waals surface area contributed by atoms with E-state index in [1.165, 1.54) is 9.21 Å². The van der Waals surface area contributed by atoms with Gasteiger partial charge in [0.25, 0.3) is 0 Å². The molecule has 27 heavy (non-hydrogen) atoms. The number of nitrogens with one attached hydrogen (secondary N) is 1. The smallest absolute Gasteiger partial charge is 0.317 e. The van der Waals surface area contributed by atoms with Crippen LogP contribution in [0.25, 0.3) is 0 Å². The van der Waals surface area contributed by atoms with Gasteiger partial charge in [-0.15, -0.1) is 0 Å². The van der Waals surface area contributed by atoms with Crippen molar-refractivity contribution in [1.82, 2.24) is 14.5 Å². The summed E-state index contributed by atoms with van der Waals surface area (Å²) in [5.41, 5.74) is 3.39. The van der Waals surface area contributed by atoms with Crippen LogP contribution in [0.2, 0.25) is 0 Å². The van der Waals surface area contributed by atoms with Crippen molar-refractivity contribution in [2.24, 2.45) is 0 Å². The minimum absolute atomic E-state index is 0.0492. The van der Waals surface area contributed by atoms with Gasteiger partial charge < -0.3 is 15.3 Å². The number of hydrogen-bond donors (Lipinski definition) is 2. The van der Waals surface area contributed by atoms with E-state index < -0.39 is 16.0 Å². The molecular formula is C18H27N3O5S. The second kappa shape index (κ2) is 8.26. The third-order valence-electron chi connectivity index (χ3n) is 5.04. The SMILES string of the molecule is Cc1cc(C)c(C)c(S(=O)(=O)N2CCN(C(=O)NCCC(=O)O)CC2)c1C. The molecule has 1 aromatic carbocycles. The first kappa shape index (κ1) is 21.2. The van der Waals surface area contributed by atoms with Crippen molar-refractivity contribution in [1.29, 1.82) is 0 Å². The Kier molecular flexibility index (Phi) is 6.48. The Morgan fingerprint density at radius 1 is 1.04 bits per heavy atom. The zero-order valence-electron chi connectivity index (χ0n) is 16.2. The van der Waals surface area contributed by atoms with Gasteiger partial charge in [0, 0.05) is 32.7 Å². The van der Waals surface area contributed by atoms with E-state index in [1.54, 1.807) is 0 Å². The summed E-state index contributed by atoms with van der Waals surface area (Å²) >= 11 is 0. The first-order valence-electron chi connectivity index (χ1n) is 8.87. The number of nitrogens with zero attached hydrogens (tertiary/aromatic N) is 2. The van der Waals surface area contributed by atoms with Gasteiger partial charge >= 0.3 is 12.0 Å². The van der Waals surface area contributed by atoms with Crippen LogP contribution in [0.3, 0.4) is 0 Å². The maximum absolute atomic E-state index is 13.2. The molecule has 1 aliphatic rings. The van der Waals surface area contributed by atoms with Crippen LogP contribution in [0.15, 0.2) is 11.0 Å². The quantitative estimate of drug-likeness (QED) is 0.781. The van der Waals surface area contributed by atoms with Crippen LogP contribution in [0.4, 0.5) is 4.79 Å². The number of carbonyl (C=O) groups excluding carboxylic acids is 1. The van der Waals surface area contributed by atoms with Crippen molar-refractivity contribution in [3.05, 3.63) is 28.3 Å². The number of carboxylic acids is 1. The predicted octanol–water partition coefficient (Wildman–Crippen LogP) is 1.41. The summed E-state index contributed by atoms with van der Waals surface area (Å²) in [6.07, 6.45) is -0.147. The first-order chi connectivity index (χ1) is 12.6. The number of aryl methyl sites for hydroxylation is 2. The maximum Gasteiger partial charge on any atom is 0.317 e. The van der Waals surface area contributed by atoms with Gasteiger partial charge in [0.2, 0.25) is 10.0 Å². The van der Waals surface area contributed by atoms with Crippen molar-refractivity contribution in [2.45, 2.75) is 39.0 Å². The van der Waals surface area contributed by atoms with Crippen molar-refractivity contribution in [3.63, 3.8) is 0 Å². The highest BCUT2D eigenvalue weighted by Gasteiger charge is 2.32. The number of carbonyl (C=O) groups is 2. The van der Waals surface area contributed by atoms with E-state index in [4.69, 9.17) is 5.11 Å². The van der Waals surface area contributed by atoms with Gasteiger partial charge in [-0.05, 0) is 49.9 Å². The first-order valence-corrected chi connectivity index (χ1v) is 10.3. The lowest BCUT2D eigenvalue weighted by molar-refractivity contribution is -0.136. The van der Waals surface area contributed by atoms with Crippen LogP contribution in [0, 0.1) is 27.7 Å². The molecule has 1 aromatic rings. The average molecular weight is 397 g/mol.